The Kier molecular flexibility index (Phi) is 4.81. The molecule has 6 aliphatic carbocycles. The van der Waals surface area contributed by atoms with Gasteiger partial charge in [0.15, 0.2) is 0 Å². The number of allylic oxidation sites excluding steroid dienone is 6. The molecule has 0 heterocycles. The van der Waals surface area contributed by atoms with Crippen molar-refractivity contribution in [2.45, 2.75) is 92.2 Å². The Labute approximate surface area is 196 Å². The third kappa shape index (κ3) is 3.35. The molecule has 0 spiro atoms. The summed E-state index contributed by atoms with van der Waals surface area (Å²) < 4.78 is 0. The van der Waals surface area contributed by atoms with E-state index >= 15 is 0 Å². The van der Waals surface area contributed by atoms with Crippen molar-refractivity contribution in [3.63, 3.8) is 0 Å². The van der Waals surface area contributed by atoms with Gasteiger partial charge in [-0.15, -0.1) is 0 Å². The summed E-state index contributed by atoms with van der Waals surface area (Å²) in [4.78, 5) is 0. The lowest BCUT2D eigenvalue weighted by molar-refractivity contribution is 0.258. The Morgan fingerprint density at radius 1 is 0.656 bits per heavy atom. The summed E-state index contributed by atoms with van der Waals surface area (Å²) in [7, 11) is 0. The number of fused-ring (bicyclic) bond motifs is 4. The fraction of sp³-hybridized carbons (Fsp3) is 0.733. The summed E-state index contributed by atoms with van der Waals surface area (Å²) in [5, 5.41) is 0. The van der Waals surface area contributed by atoms with Crippen molar-refractivity contribution in [3.8, 4) is 0 Å². The predicted octanol–water partition coefficient (Wildman–Crippen LogP) is 6.74. The maximum absolute atomic E-state index is 3.94. The van der Waals surface area contributed by atoms with Crippen LogP contribution in [0.3, 0.4) is 0 Å². The van der Waals surface area contributed by atoms with E-state index < -0.39 is 0 Å². The first-order chi connectivity index (χ1) is 15.1. The summed E-state index contributed by atoms with van der Waals surface area (Å²) in [5.74, 6) is 4.29. The standard InChI is InChI=1S/C30H44N2/c1-17-11-23-21(9-7-19-13-29(3,4)15-25(19)23)27(17)31-32-28-18(2)12-24-22(28)10-8-20-14-30(5,6)16-26(20)24/h7-10,17-18,21-24,27-28,31-32H,11-16H2,1-6H3. The average molecular weight is 433 g/mol. The normalized spacial score (nSPS) is 45.3. The highest BCUT2D eigenvalue weighted by Crippen LogP contribution is 2.55. The van der Waals surface area contributed by atoms with Crippen LogP contribution in [-0.2, 0) is 0 Å². The molecule has 2 nitrogen and oxygen atoms in total. The molecule has 0 amide bonds. The molecule has 6 rings (SSSR count). The van der Waals surface area contributed by atoms with Crippen LogP contribution in [0.2, 0.25) is 0 Å². The molecule has 2 N–H and O–H groups in total. The zero-order valence-electron chi connectivity index (χ0n) is 21.2. The molecule has 6 aliphatic rings. The van der Waals surface area contributed by atoms with E-state index in [1.807, 2.05) is 0 Å². The van der Waals surface area contributed by atoms with E-state index in [0.29, 0.717) is 34.7 Å². The fourth-order valence-electron chi connectivity index (χ4n) is 8.76. The highest BCUT2D eigenvalue weighted by Gasteiger charge is 2.49. The van der Waals surface area contributed by atoms with Gasteiger partial charge in [-0.25, -0.2) is 0 Å². The summed E-state index contributed by atoms with van der Waals surface area (Å²) in [5.41, 5.74) is 15.7. The Morgan fingerprint density at radius 2 is 1.06 bits per heavy atom. The molecule has 0 aromatic heterocycles. The quantitative estimate of drug-likeness (QED) is 0.483. The largest absolute Gasteiger partial charge is 0.254 e. The van der Waals surface area contributed by atoms with Crippen LogP contribution < -0.4 is 10.9 Å². The van der Waals surface area contributed by atoms with Gasteiger partial charge >= 0.3 is 0 Å². The molecule has 174 valence electrons. The van der Waals surface area contributed by atoms with E-state index in [-0.39, 0.29) is 0 Å². The van der Waals surface area contributed by atoms with Gasteiger partial charge in [-0.05, 0) is 84.2 Å². The van der Waals surface area contributed by atoms with Crippen molar-refractivity contribution in [1.29, 1.82) is 0 Å². The Morgan fingerprint density at radius 3 is 1.47 bits per heavy atom. The summed E-state index contributed by atoms with van der Waals surface area (Å²) in [6, 6.07) is 1.10. The topological polar surface area (TPSA) is 24.1 Å². The Bertz CT molecular complexity index is 852. The van der Waals surface area contributed by atoms with Crippen molar-refractivity contribution in [1.82, 2.24) is 10.9 Å². The number of hydrogen-bond acceptors (Lipinski definition) is 2. The third-order valence-electron chi connectivity index (χ3n) is 10.1. The SMILES string of the molecule is CC1CC2C3=C(C=CC2C1NNC1C(C)CC2C4=C(C=CC21)CC(C)(C)C4)CC(C)(C)C3. The molecule has 2 heteroatoms. The summed E-state index contributed by atoms with van der Waals surface area (Å²) in [6.07, 6.45) is 18.0. The van der Waals surface area contributed by atoms with Crippen LogP contribution in [0.4, 0.5) is 0 Å². The maximum atomic E-state index is 3.94. The molecular formula is C30H44N2. The second kappa shape index (κ2) is 7.19. The van der Waals surface area contributed by atoms with Gasteiger partial charge in [0, 0.05) is 23.9 Å². The zero-order valence-corrected chi connectivity index (χ0v) is 21.2. The van der Waals surface area contributed by atoms with Gasteiger partial charge in [0.25, 0.3) is 0 Å². The van der Waals surface area contributed by atoms with Gasteiger partial charge in [0.05, 0.1) is 0 Å². The van der Waals surface area contributed by atoms with Crippen LogP contribution in [-0.4, -0.2) is 12.1 Å². The van der Waals surface area contributed by atoms with Crippen molar-refractivity contribution < 1.29 is 0 Å². The van der Waals surface area contributed by atoms with Crippen molar-refractivity contribution >= 4 is 0 Å². The van der Waals surface area contributed by atoms with Gasteiger partial charge in [0.1, 0.15) is 0 Å². The third-order valence-corrected chi connectivity index (χ3v) is 10.1. The lowest BCUT2D eigenvalue weighted by Gasteiger charge is -2.33. The van der Waals surface area contributed by atoms with Crippen LogP contribution in [0.15, 0.2) is 46.6 Å². The molecule has 0 aliphatic heterocycles. The first-order valence-corrected chi connectivity index (χ1v) is 13.4. The molecule has 0 aromatic rings. The van der Waals surface area contributed by atoms with Crippen LogP contribution in [0.25, 0.3) is 0 Å². The van der Waals surface area contributed by atoms with E-state index in [4.69, 9.17) is 0 Å². The highest BCUT2D eigenvalue weighted by molar-refractivity contribution is 5.41. The monoisotopic (exact) mass is 432 g/mol. The van der Waals surface area contributed by atoms with Gasteiger partial charge in [-0.1, -0.05) is 77.0 Å². The van der Waals surface area contributed by atoms with Gasteiger partial charge in [-0.3, -0.25) is 10.9 Å². The first kappa shape index (κ1) is 21.4. The lowest BCUT2D eigenvalue weighted by atomic mass is 9.80. The van der Waals surface area contributed by atoms with Gasteiger partial charge < -0.3 is 0 Å². The van der Waals surface area contributed by atoms with E-state index in [1.54, 1.807) is 22.3 Å². The molecule has 0 aromatic carbocycles. The van der Waals surface area contributed by atoms with Crippen LogP contribution >= 0.6 is 0 Å². The second-order valence-corrected chi connectivity index (χ2v) is 14.0. The molecular weight excluding hydrogens is 388 g/mol. The lowest BCUT2D eigenvalue weighted by Crippen LogP contribution is -2.53. The Hall–Kier alpha value is -1.12. The van der Waals surface area contributed by atoms with Crippen molar-refractivity contribution in [2.24, 2.45) is 46.3 Å². The molecule has 0 saturated heterocycles. The van der Waals surface area contributed by atoms with Gasteiger partial charge in [-0.2, -0.15) is 0 Å². The van der Waals surface area contributed by atoms with E-state index in [0.717, 1.165) is 23.7 Å². The van der Waals surface area contributed by atoms with Gasteiger partial charge in [0.2, 0.25) is 0 Å². The number of hydrogen-bond donors (Lipinski definition) is 2. The summed E-state index contributed by atoms with van der Waals surface area (Å²) in [6.45, 7) is 14.8. The maximum Gasteiger partial charge on any atom is 0.0307 e. The molecule has 2 saturated carbocycles. The number of nitrogens with one attached hydrogen (secondary N) is 2. The minimum atomic E-state index is 0.459. The molecule has 0 radical (unpaired) electrons. The van der Waals surface area contributed by atoms with Crippen LogP contribution in [0, 0.1) is 46.3 Å². The van der Waals surface area contributed by atoms with Crippen LogP contribution in [0.5, 0.6) is 0 Å². The zero-order chi connectivity index (χ0) is 22.4. The highest BCUT2D eigenvalue weighted by atomic mass is 15.4. The van der Waals surface area contributed by atoms with Crippen LogP contribution in [0.1, 0.15) is 80.1 Å². The predicted molar refractivity (Wildman–Crippen MR) is 134 cm³/mol. The molecule has 8 atom stereocenters. The molecule has 8 unspecified atom stereocenters. The number of rotatable bonds is 3. The fourth-order valence-corrected chi connectivity index (χ4v) is 8.76. The second-order valence-electron chi connectivity index (χ2n) is 14.0. The first-order valence-electron chi connectivity index (χ1n) is 13.4. The minimum Gasteiger partial charge on any atom is -0.254 e. The average Bonchev–Trinajstić information content (AvgIpc) is 3.38. The van der Waals surface area contributed by atoms with E-state index in [9.17, 15) is 0 Å². The van der Waals surface area contributed by atoms with Crippen molar-refractivity contribution in [2.75, 3.05) is 0 Å². The molecule has 2 fully saturated rings. The Balaban J connectivity index is 1.14. The minimum absolute atomic E-state index is 0.459. The van der Waals surface area contributed by atoms with E-state index in [1.165, 1.54) is 38.5 Å². The smallest absolute Gasteiger partial charge is 0.0307 e. The number of hydrazine groups is 1. The molecule has 32 heavy (non-hydrogen) atoms. The van der Waals surface area contributed by atoms with E-state index in [2.05, 4.69) is 76.7 Å². The van der Waals surface area contributed by atoms with Crippen molar-refractivity contribution in [3.05, 3.63) is 46.6 Å². The summed E-state index contributed by atoms with van der Waals surface area (Å²) >= 11 is 0. The molecule has 0 bridgehead atoms.